The third-order valence-corrected chi connectivity index (χ3v) is 9.95. The van der Waals surface area contributed by atoms with E-state index in [4.69, 9.17) is 5.73 Å². The van der Waals surface area contributed by atoms with Crippen LogP contribution in [0.3, 0.4) is 0 Å². The Labute approximate surface area is 252 Å². The van der Waals surface area contributed by atoms with E-state index in [1.807, 2.05) is 19.0 Å². The van der Waals surface area contributed by atoms with Gasteiger partial charge in [0.05, 0.1) is 11.6 Å². The highest BCUT2D eigenvalue weighted by molar-refractivity contribution is 6.24. The second-order valence-electron chi connectivity index (χ2n) is 13.3. The molecular weight excluding hydrogens is 552 g/mol. The topological polar surface area (TPSA) is 168 Å². The lowest BCUT2D eigenvalue weighted by atomic mass is 9.57. The number of ketones is 2. The lowest BCUT2D eigenvalue weighted by Crippen LogP contribution is -2.65. The number of hydrogen-bond donors (Lipinski definition) is 5. The number of primary amides is 1. The van der Waals surface area contributed by atoms with Crippen LogP contribution in [-0.4, -0.2) is 101 Å². The first kappa shape index (κ1) is 31.0. The van der Waals surface area contributed by atoms with Crippen LogP contribution in [-0.2, 0) is 27.3 Å². The molecule has 0 radical (unpaired) electrons. The minimum atomic E-state index is -2.65. The van der Waals surface area contributed by atoms with E-state index < -0.39 is 58.0 Å². The van der Waals surface area contributed by atoms with Crippen LogP contribution >= 0.6 is 0 Å². The molecule has 4 atom stereocenters. The molecule has 11 heteroatoms. The summed E-state index contributed by atoms with van der Waals surface area (Å²) in [5.41, 5.74) is 4.31. The van der Waals surface area contributed by atoms with E-state index in [2.05, 4.69) is 11.9 Å². The van der Waals surface area contributed by atoms with Crippen molar-refractivity contribution < 1.29 is 34.8 Å². The Morgan fingerprint density at radius 1 is 1.05 bits per heavy atom. The number of aromatic hydroxyl groups is 1. The van der Waals surface area contributed by atoms with Gasteiger partial charge in [0, 0.05) is 44.4 Å². The molecule has 5 rings (SSSR count). The SMILES string of the molecule is CN(Cc1cc(O)c2c(c1N(C)C)C[C@H]1C[C@H]3[C@H](N(C)C)C(=O)C(C(N)=O)=C(O)[C@@]3(O)C(=O)C1=C2O)CC1CCCCC1. The summed E-state index contributed by atoms with van der Waals surface area (Å²) in [6, 6.07) is 0.510. The Balaban J connectivity index is 1.60. The van der Waals surface area contributed by atoms with Crippen molar-refractivity contribution in [2.75, 3.05) is 46.7 Å². The quantitative estimate of drug-likeness (QED) is 0.294. The van der Waals surface area contributed by atoms with Crippen LogP contribution in [0.2, 0.25) is 0 Å². The normalized spacial score (nSPS) is 27.9. The number of amides is 1. The zero-order valence-corrected chi connectivity index (χ0v) is 25.7. The predicted octanol–water partition coefficient (Wildman–Crippen LogP) is 2.04. The molecule has 0 bridgehead atoms. The summed E-state index contributed by atoms with van der Waals surface area (Å²) in [4.78, 5) is 45.3. The first-order valence-electron chi connectivity index (χ1n) is 15.1. The van der Waals surface area contributed by atoms with Crippen molar-refractivity contribution in [3.8, 4) is 5.75 Å². The Hall–Kier alpha value is -3.41. The van der Waals surface area contributed by atoms with E-state index >= 15 is 0 Å². The molecule has 6 N–H and O–H groups in total. The minimum Gasteiger partial charge on any atom is -0.508 e. The number of phenols is 1. The molecule has 234 valence electrons. The van der Waals surface area contributed by atoms with Gasteiger partial charge in [-0.15, -0.1) is 0 Å². The van der Waals surface area contributed by atoms with Crippen molar-refractivity contribution in [3.63, 3.8) is 0 Å². The molecule has 1 aromatic carbocycles. The second-order valence-corrected chi connectivity index (χ2v) is 13.3. The second kappa shape index (κ2) is 11.3. The number of phenolic OH excluding ortho intramolecular Hbond substituents is 1. The fourth-order valence-electron chi connectivity index (χ4n) is 8.21. The molecule has 11 nitrogen and oxygen atoms in total. The molecule has 1 aromatic rings. The Kier molecular flexibility index (Phi) is 8.12. The summed E-state index contributed by atoms with van der Waals surface area (Å²) in [5, 5.41) is 45.7. The molecule has 0 saturated heterocycles. The fraction of sp³-hybridized carbons (Fsp3) is 0.594. The van der Waals surface area contributed by atoms with Crippen LogP contribution in [0.1, 0.15) is 55.2 Å². The number of aliphatic hydroxyl groups excluding tert-OH is 2. The average molecular weight is 597 g/mol. The Morgan fingerprint density at radius 3 is 2.28 bits per heavy atom. The molecule has 0 aliphatic heterocycles. The van der Waals surface area contributed by atoms with E-state index in [9.17, 15) is 34.8 Å². The predicted molar refractivity (Wildman–Crippen MR) is 161 cm³/mol. The number of carbonyl (C=O) groups excluding carboxylic acids is 3. The Morgan fingerprint density at radius 2 is 1.70 bits per heavy atom. The molecule has 4 aliphatic rings. The van der Waals surface area contributed by atoms with Crippen LogP contribution < -0.4 is 10.6 Å². The van der Waals surface area contributed by atoms with Crippen molar-refractivity contribution >= 4 is 28.9 Å². The van der Waals surface area contributed by atoms with Gasteiger partial charge >= 0.3 is 0 Å². The van der Waals surface area contributed by atoms with E-state index in [-0.39, 0.29) is 29.7 Å². The van der Waals surface area contributed by atoms with Crippen molar-refractivity contribution in [2.24, 2.45) is 23.5 Å². The lowest BCUT2D eigenvalue weighted by molar-refractivity contribution is -0.153. The van der Waals surface area contributed by atoms with E-state index in [0.29, 0.717) is 18.0 Å². The van der Waals surface area contributed by atoms with E-state index in [0.717, 1.165) is 17.8 Å². The van der Waals surface area contributed by atoms with Gasteiger partial charge in [0.1, 0.15) is 22.8 Å². The van der Waals surface area contributed by atoms with Crippen molar-refractivity contribution in [3.05, 3.63) is 39.7 Å². The maximum Gasteiger partial charge on any atom is 0.255 e. The summed E-state index contributed by atoms with van der Waals surface area (Å²) < 4.78 is 0. The lowest BCUT2D eigenvalue weighted by Gasteiger charge is -2.50. The summed E-state index contributed by atoms with van der Waals surface area (Å²) in [5.74, 6) is -5.85. The summed E-state index contributed by atoms with van der Waals surface area (Å²) in [7, 11) is 9.04. The first-order valence-corrected chi connectivity index (χ1v) is 15.1. The molecule has 43 heavy (non-hydrogen) atoms. The number of rotatable bonds is 7. The van der Waals surface area contributed by atoms with Gasteiger partial charge in [0.15, 0.2) is 11.4 Å². The molecule has 1 amide bonds. The number of anilines is 1. The average Bonchev–Trinajstić information content (AvgIpc) is 2.90. The third-order valence-electron chi connectivity index (χ3n) is 9.95. The third kappa shape index (κ3) is 4.91. The maximum absolute atomic E-state index is 14.1. The highest BCUT2D eigenvalue weighted by Crippen LogP contribution is 2.54. The van der Waals surface area contributed by atoms with E-state index in [1.165, 1.54) is 37.0 Å². The van der Waals surface area contributed by atoms with Gasteiger partial charge in [-0.2, -0.15) is 0 Å². The Bertz CT molecular complexity index is 1420. The monoisotopic (exact) mass is 596 g/mol. The fourth-order valence-corrected chi connectivity index (χ4v) is 8.21. The molecule has 2 saturated carbocycles. The molecule has 2 fully saturated rings. The van der Waals surface area contributed by atoms with Crippen LogP contribution in [0.25, 0.3) is 5.76 Å². The van der Waals surface area contributed by atoms with Gasteiger partial charge in [0.2, 0.25) is 5.78 Å². The summed E-state index contributed by atoms with van der Waals surface area (Å²) in [6.45, 7) is 1.53. The van der Waals surface area contributed by atoms with Gasteiger partial charge in [-0.3, -0.25) is 19.3 Å². The number of aliphatic hydroxyl groups is 3. The van der Waals surface area contributed by atoms with Gasteiger partial charge in [-0.05, 0) is 75.9 Å². The first-order chi connectivity index (χ1) is 20.2. The van der Waals surface area contributed by atoms with Crippen LogP contribution in [0, 0.1) is 17.8 Å². The molecule has 0 unspecified atom stereocenters. The highest BCUT2D eigenvalue weighted by Gasteiger charge is 2.64. The van der Waals surface area contributed by atoms with Gasteiger partial charge in [-0.1, -0.05) is 19.3 Å². The van der Waals surface area contributed by atoms with Crippen LogP contribution in [0.5, 0.6) is 5.75 Å². The van der Waals surface area contributed by atoms with Crippen molar-refractivity contribution in [1.29, 1.82) is 0 Å². The summed E-state index contributed by atoms with van der Waals surface area (Å²) >= 11 is 0. The zero-order chi connectivity index (χ0) is 31.5. The van der Waals surface area contributed by atoms with Crippen molar-refractivity contribution in [2.45, 2.75) is 63.1 Å². The number of nitrogens with two attached hydrogens (primary N) is 1. The standard InChI is InChI=1S/C32H44N4O7/c1-34(2)25-18(15-36(5)14-16-9-7-6-8-10-16)13-21(37)23-19(25)11-17-12-20-26(35(3)4)28(39)24(31(33)42)30(41)32(20,43)29(40)22(17)27(23)38/h13,16-17,20,26,37-38,41,43H,6-12,14-15H2,1-5H3,(H2,33,42)/t17-,20-,26-,32-/m0/s1. The summed E-state index contributed by atoms with van der Waals surface area (Å²) in [6.07, 6.45) is 6.55. The number of hydrogen-bond acceptors (Lipinski definition) is 10. The number of Topliss-reactive ketones (excluding diaryl/α,β-unsaturated/α-hetero) is 2. The number of carbonyl (C=O) groups is 3. The van der Waals surface area contributed by atoms with Crippen LogP contribution in [0.4, 0.5) is 5.69 Å². The zero-order valence-electron chi connectivity index (χ0n) is 25.7. The number of benzene rings is 1. The minimum absolute atomic E-state index is 0.0607. The molecule has 4 aliphatic carbocycles. The van der Waals surface area contributed by atoms with E-state index in [1.54, 1.807) is 20.2 Å². The van der Waals surface area contributed by atoms with Crippen LogP contribution in [0.15, 0.2) is 23.0 Å². The maximum atomic E-state index is 14.1. The number of nitrogens with zero attached hydrogens (tertiary/aromatic N) is 3. The molecular formula is C32H44N4O7. The number of likely N-dealkylation sites (N-methyl/N-ethyl adjacent to an activating group) is 1. The highest BCUT2D eigenvalue weighted by atomic mass is 16.3. The van der Waals surface area contributed by atoms with Gasteiger partial charge in [-0.25, -0.2) is 0 Å². The van der Waals surface area contributed by atoms with Gasteiger partial charge < -0.3 is 36.0 Å². The van der Waals surface area contributed by atoms with Gasteiger partial charge in [0.25, 0.3) is 5.91 Å². The molecule has 0 heterocycles. The molecule has 0 spiro atoms. The smallest absolute Gasteiger partial charge is 0.255 e. The largest absolute Gasteiger partial charge is 0.508 e. The van der Waals surface area contributed by atoms with Crippen molar-refractivity contribution in [1.82, 2.24) is 9.80 Å². The number of fused-ring (bicyclic) bond motifs is 3. The molecule has 0 aromatic heterocycles.